The maximum Gasteiger partial charge on any atom is 0.271 e. The number of aryl methyl sites for hydroxylation is 1. The van der Waals surface area contributed by atoms with Crippen LogP contribution < -0.4 is 4.90 Å². The minimum Gasteiger partial charge on any atom is -0.274 e. The molecule has 1 saturated carbocycles. The molecule has 1 aromatic rings. The lowest BCUT2D eigenvalue weighted by atomic mass is 9.63. The normalized spacial score (nSPS) is 31.6. The number of imide groups is 1. The summed E-state index contributed by atoms with van der Waals surface area (Å²) < 4.78 is 0. The highest BCUT2D eigenvalue weighted by Gasteiger charge is 2.57. The maximum atomic E-state index is 12.9. The summed E-state index contributed by atoms with van der Waals surface area (Å²) in [5.41, 5.74) is 0.932. The Morgan fingerprint density at radius 2 is 1.65 bits per heavy atom. The summed E-state index contributed by atoms with van der Waals surface area (Å²) in [5, 5.41) is 11.0. The molecular formula is C17H16N2O4. The third kappa shape index (κ3) is 1.87. The first-order valence-corrected chi connectivity index (χ1v) is 7.80. The van der Waals surface area contributed by atoms with Crippen molar-refractivity contribution in [3.63, 3.8) is 0 Å². The van der Waals surface area contributed by atoms with E-state index in [0.29, 0.717) is 11.3 Å². The van der Waals surface area contributed by atoms with Crippen molar-refractivity contribution >= 4 is 23.2 Å². The maximum absolute atomic E-state index is 12.9. The zero-order chi connectivity index (χ0) is 16.3. The molecule has 1 heterocycles. The quantitative estimate of drug-likeness (QED) is 0.364. The van der Waals surface area contributed by atoms with E-state index in [0.717, 1.165) is 12.8 Å². The summed E-state index contributed by atoms with van der Waals surface area (Å²) in [6.07, 6.45) is 5.99. The fraction of sp³-hybridized carbons (Fsp3) is 0.412. The third-order valence-electron chi connectivity index (χ3n) is 5.40. The average Bonchev–Trinajstić information content (AvgIpc) is 2.83. The van der Waals surface area contributed by atoms with Crippen LogP contribution in [0.25, 0.3) is 0 Å². The molecule has 1 aromatic carbocycles. The summed E-state index contributed by atoms with van der Waals surface area (Å²) in [4.78, 5) is 37.4. The van der Waals surface area contributed by atoms with Crippen LogP contribution in [-0.2, 0) is 9.59 Å². The van der Waals surface area contributed by atoms with Gasteiger partial charge in [0.1, 0.15) is 0 Å². The van der Waals surface area contributed by atoms with E-state index < -0.39 is 4.92 Å². The molecule has 2 fully saturated rings. The smallest absolute Gasteiger partial charge is 0.271 e. The summed E-state index contributed by atoms with van der Waals surface area (Å²) in [7, 11) is 0. The Morgan fingerprint density at radius 3 is 2.13 bits per heavy atom. The lowest BCUT2D eigenvalue weighted by Crippen LogP contribution is -2.38. The summed E-state index contributed by atoms with van der Waals surface area (Å²) in [6.45, 7) is 1.76. The second-order valence-electron chi connectivity index (χ2n) is 6.58. The lowest BCUT2D eigenvalue weighted by molar-refractivity contribution is -0.384. The number of nitrogens with zero attached hydrogens (tertiary/aromatic N) is 2. The van der Waals surface area contributed by atoms with Crippen LogP contribution in [0.1, 0.15) is 18.4 Å². The standard InChI is InChI=1S/C17H16N2O4/c1-9-2-7-12(19(22)23)8-13(9)18-16(20)14-10-3-4-11(6-5-10)15(14)17(18)21/h2-4,7-8,10-11,14-15H,5-6H2,1H3. The van der Waals surface area contributed by atoms with Gasteiger partial charge in [0.25, 0.3) is 5.69 Å². The Balaban J connectivity index is 1.79. The Morgan fingerprint density at radius 1 is 1.09 bits per heavy atom. The van der Waals surface area contributed by atoms with Crippen LogP contribution in [0.4, 0.5) is 11.4 Å². The molecule has 3 aliphatic carbocycles. The molecular weight excluding hydrogens is 296 g/mol. The van der Waals surface area contributed by atoms with Gasteiger partial charge in [0.15, 0.2) is 0 Å². The predicted molar refractivity (Wildman–Crippen MR) is 82.7 cm³/mol. The Kier molecular flexibility index (Phi) is 2.91. The number of amides is 2. The molecule has 118 valence electrons. The fourth-order valence-electron chi connectivity index (χ4n) is 4.26. The second kappa shape index (κ2) is 4.75. The zero-order valence-electron chi connectivity index (χ0n) is 12.6. The average molecular weight is 312 g/mol. The number of hydrogen-bond acceptors (Lipinski definition) is 4. The molecule has 2 amide bonds. The van der Waals surface area contributed by atoms with Gasteiger partial charge in [0.2, 0.25) is 11.8 Å². The van der Waals surface area contributed by atoms with E-state index in [4.69, 9.17) is 0 Å². The Bertz CT molecular complexity index is 738. The second-order valence-corrected chi connectivity index (χ2v) is 6.58. The number of carbonyl (C=O) groups is 2. The number of carbonyl (C=O) groups excluding carboxylic acids is 2. The molecule has 4 atom stereocenters. The van der Waals surface area contributed by atoms with Crippen LogP contribution >= 0.6 is 0 Å². The molecule has 6 heteroatoms. The van der Waals surface area contributed by atoms with E-state index in [9.17, 15) is 19.7 Å². The van der Waals surface area contributed by atoms with Crippen molar-refractivity contribution in [3.8, 4) is 0 Å². The first-order valence-electron chi connectivity index (χ1n) is 7.80. The van der Waals surface area contributed by atoms with E-state index in [2.05, 4.69) is 12.2 Å². The fourth-order valence-corrected chi connectivity index (χ4v) is 4.26. The van der Waals surface area contributed by atoms with Crippen molar-refractivity contribution in [2.75, 3.05) is 4.90 Å². The molecule has 0 spiro atoms. The minimum absolute atomic E-state index is 0.109. The molecule has 0 aromatic heterocycles. The number of anilines is 1. The number of rotatable bonds is 2. The van der Waals surface area contributed by atoms with E-state index in [1.165, 1.54) is 17.0 Å². The molecule has 2 bridgehead atoms. The van der Waals surface area contributed by atoms with E-state index >= 15 is 0 Å². The van der Waals surface area contributed by atoms with Crippen molar-refractivity contribution in [2.45, 2.75) is 19.8 Å². The summed E-state index contributed by atoms with van der Waals surface area (Å²) in [6, 6.07) is 4.31. The third-order valence-corrected chi connectivity index (χ3v) is 5.40. The highest BCUT2D eigenvalue weighted by atomic mass is 16.6. The predicted octanol–water partition coefficient (Wildman–Crippen LogP) is 2.60. The first-order chi connectivity index (χ1) is 11.0. The van der Waals surface area contributed by atoms with Gasteiger partial charge in [-0.15, -0.1) is 0 Å². The monoisotopic (exact) mass is 312 g/mol. The molecule has 0 radical (unpaired) electrons. The molecule has 4 unspecified atom stereocenters. The minimum atomic E-state index is -0.508. The Hall–Kier alpha value is -2.50. The van der Waals surface area contributed by atoms with Gasteiger partial charge in [-0.25, -0.2) is 4.90 Å². The topological polar surface area (TPSA) is 80.5 Å². The van der Waals surface area contributed by atoms with Gasteiger partial charge in [0.05, 0.1) is 22.4 Å². The Labute approximate surface area is 132 Å². The number of hydrogen-bond donors (Lipinski definition) is 0. The number of fused-ring (bicyclic) bond motifs is 1. The van der Waals surface area contributed by atoms with Gasteiger partial charge in [-0.2, -0.15) is 0 Å². The number of benzene rings is 1. The highest BCUT2D eigenvalue weighted by Crippen LogP contribution is 2.50. The van der Waals surface area contributed by atoms with Crippen LogP contribution in [0, 0.1) is 40.7 Å². The van der Waals surface area contributed by atoms with Crippen LogP contribution in [0.2, 0.25) is 0 Å². The van der Waals surface area contributed by atoms with Crippen molar-refractivity contribution in [3.05, 3.63) is 46.0 Å². The number of nitro benzene ring substituents is 1. The molecule has 0 N–H and O–H groups in total. The number of non-ortho nitro benzene ring substituents is 1. The van der Waals surface area contributed by atoms with Crippen molar-refractivity contribution in [1.82, 2.24) is 0 Å². The lowest BCUT2D eigenvalue weighted by Gasteiger charge is -2.38. The number of allylic oxidation sites excluding steroid dienone is 2. The largest absolute Gasteiger partial charge is 0.274 e. The molecule has 1 saturated heterocycles. The molecule has 6 nitrogen and oxygen atoms in total. The van der Waals surface area contributed by atoms with Crippen molar-refractivity contribution < 1.29 is 14.5 Å². The van der Waals surface area contributed by atoms with Crippen molar-refractivity contribution in [2.24, 2.45) is 23.7 Å². The summed E-state index contributed by atoms with van der Waals surface area (Å²) in [5.74, 6) is -0.781. The van der Waals surface area contributed by atoms with Gasteiger partial charge in [-0.3, -0.25) is 19.7 Å². The SMILES string of the molecule is Cc1ccc([N+](=O)[O-])cc1N1C(=O)C2C3C=CC(CC3)C2C1=O. The van der Waals surface area contributed by atoms with E-state index in [-0.39, 0.29) is 41.2 Å². The van der Waals surface area contributed by atoms with Gasteiger partial charge in [-0.1, -0.05) is 18.2 Å². The van der Waals surface area contributed by atoms with Gasteiger partial charge >= 0.3 is 0 Å². The van der Waals surface area contributed by atoms with Gasteiger partial charge in [-0.05, 0) is 37.2 Å². The van der Waals surface area contributed by atoms with E-state index in [1.807, 2.05) is 0 Å². The van der Waals surface area contributed by atoms with Crippen LogP contribution in [0.15, 0.2) is 30.4 Å². The first kappa shape index (κ1) is 14.1. The van der Waals surface area contributed by atoms with Gasteiger partial charge < -0.3 is 0 Å². The van der Waals surface area contributed by atoms with Crippen LogP contribution in [0.3, 0.4) is 0 Å². The molecule has 4 aliphatic rings. The summed E-state index contributed by atoms with van der Waals surface area (Å²) >= 11 is 0. The zero-order valence-corrected chi connectivity index (χ0v) is 12.6. The van der Waals surface area contributed by atoms with Crippen molar-refractivity contribution in [1.29, 1.82) is 0 Å². The molecule has 23 heavy (non-hydrogen) atoms. The van der Waals surface area contributed by atoms with Crippen LogP contribution in [0.5, 0.6) is 0 Å². The molecule has 5 rings (SSSR count). The van der Waals surface area contributed by atoms with Crippen LogP contribution in [-0.4, -0.2) is 16.7 Å². The van der Waals surface area contributed by atoms with E-state index in [1.54, 1.807) is 13.0 Å². The number of nitro groups is 1. The highest BCUT2D eigenvalue weighted by molar-refractivity contribution is 6.23. The van der Waals surface area contributed by atoms with Gasteiger partial charge in [0, 0.05) is 12.1 Å². The molecule has 1 aliphatic heterocycles.